The zero-order chi connectivity index (χ0) is 16.1. The Hall–Kier alpha value is -2.60. The molecule has 116 valence electrons. The quantitative estimate of drug-likeness (QED) is 0.829. The minimum absolute atomic E-state index is 0.0248. The smallest absolute Gasteiger partial charge is 0.251 e. The molecule has 0 saturated carbocycles. The van der Waals surface area contributed by atoms with Gasteiger partial charge in [-0.1, -0.05) is 0 Å². The topological polar surface area (TPSA) is 86.5 Å². The first-order chi connectivity index (χ1) is 10.5. The number of carbonyl (C=O) groups is 1. The second-order valence-electron chi connectivity index (χ2n) is 4.86. The molecule has 0 unspecified atom stereocenters. The number of nitrogen functional groups attached to an aromatic ring is 1. The van der Waals surface area contributed by atoms with Gasteiger partial charge in [0.1, 0.15) is 23.9 Å². The van der Waals surface area contributed by atoms with E-state index in [1.54, 1.807) is 24.4 Å². The molecule has 0 saturated heterocycles. The lowest BCUT2D eigenvalue weighted by Gasteiger charge is -2.13. The Bertz CT molecular complexity index is 686. The molecule has 1 aromatic heterocycles. The van der Waals surface area contributed by atoms with Crippen LogP contribution in [0.3, 0.4) is 0 Å². The van der Waals surface area contributed by atoms with Crippen molar-refractivity contribution in [3.63, 3.8) is 0 Å². The molecule has 0 bridgehead atoms. The lowest BCUT2D eigenvalue weighted by molar-refractivity contribution is -0.119. The third-order valence-electron chi connectivity index (χ3n) is 3.28. The van der Waals surface area contributed by atoms with Crippen molar-refractivity contribution < 1.29 is 14.3 Å². The number of pyridine rings is 1. The number of rotatable bonds is 5. The van der Waals surface area contributed by atoms with Gasteiger partial charge in [-0.05, 0) is 43.2 Å². The van der Waals surface area contributed by atoms with Crippen LogP contribution in [0.25, 0.3) is 0 Å². The number of methoxy groups -OCH3 is 1. The molecule has 1 aromatic carbocycles. The molecule has 6 nitrogen and oxygen atoms in total. The van der Waals surface area contributed by atoms with E-state index in [1.165, 1.54) is 7.11 Å². The average molecular weight is 301 g/mol. The van der Waals surface area contributed by atoms with Gasteiger partial charge in [0.25, 0.3) is 5.91 Å². The number of hydrogen-bond donors (Lipinski definition) is 2. The zero-order valence-electron chi connectivity index (χ0n) is 12.8. The van der Waals surface area contributed by atoms with Gasteiger partial charge in [0.2, 0.25) is 0 Å². The lowest BCUT2D eigenvalue weighted by Crippen LogP contribution is -2.17. The predicted molar refractivity (Wildman–Crippen MR) is 85.1 cm³/mol. The van der Waals surface area contributed by atoms with Gasteiger partial charge in [-0.2, -0.15) is 0 Å². The Morgan fingerprint density at radius 2 is 2.05 bits per heavy atom. The van der Waals surface area contributed by atoms with Crippen molar-refractivity contribution in [2.75, 3.05) is 24.8 Å². The minimum Gasteiger partial charge on any atom is -0.457 e. The summed E-state index contributed by atoms with van der Waals surface area (Å²) in [6.45, 7) is 3.87. The highest BCUT2D eigenvalue weighted by atomic mass is 16.5. The number of ether oxygens (including phenoxy) is 2. The molecule has 0 fully saturated rings. The number of nitrogens with zero attached hydrogens (tertiary/aromatic N) is 1. The van der Waals surface area contributed by atoms with E-state index in [-0.39, 0.29) is 12.5 Å². The first-order valence-electron chi connectivity index (χ1n) is 6.79. The van der Waals surface area contributed by atoms with Crippen LogP contribution >= 0.6 is 0 Å². The normalized spacial score (nSPS) is 10.3. The minimum atomic E-state index is -0.272. The molecular weight excluding hydrogens is 282 g/mol. The fraction of sp³-hybridized carbons (Fsp3) is 0.250. The highest BCUT2D eigenvalue weighted by Gasteiger charge is 2.08. The lowest BCUT2D eigenvalue weighted by atomic mass is 10.1. The van der Waals surface area contributed by atoms with Crippen LogP contribution in [-0.4, -0.2) is 24.6 Å². The van der Waals surface area contributed by atoms with Crippen molar-refractivity contribution >= 4 is 17.4 Å². The van der Waals surface area contributed by atoms with Gasteiger partial charge in [-0.3, -0.25) is 4.79 Å². The summed E-state index contributed by atoms with van der Waals surface area (Å²) in [6, 6.07) is 7.00. The van der Waals surface area contributed by atoms with E-state index in [0.29, 0.717) is 17.3 Å². The van der Waals surface area contributed by atoms with E-state index in [4.69, 9.17) is 15.2 Å². The Labute approximate surface area is 129 Å². The summed E-state index contributed by atoms with van der Waals surface area (Å²) in [5, 5.41) is 2.63. The Morgan fingerprint density at radius 1 is 1.27 bits per heavy atom. The van der Waals surface area contributed by atoms with Gasteiger partial charge in [0.05, 0.1) is 0 Å². The molecule has 2 rings (SSSR count). The summed E-state index contributed by atoms with van der Waals surface area (Å²) in [7, 11) is 1.46. The SMILES string of the molecule is COCC(=O)Nc1cc(Oc2ccc(N)c(C)c2C)ccn1. The van der Waals surface area contributed by atoms with Crippen molar-refractivity contribution in [2.45, 2.75) is 13.8 Å². The number of hydrogen-bond acceptors (Lipinski definition) is 5. The fourth-order valence-corrected chi connectivity index (χ4v) is 1.91. The number of nitrogens with two attached hydrogens (primary N) is 1. The largest absolute Gasteiger partial charge is 0.457 e. The van der Waals surface area contributed by atoms with E-state index >= 15 is 0 Å². The first-order valence-corrected chi connectivity index (χ1v) is 6.79. The highest BCUT2D eigenvalue weighted by molar-refractivity contribution is 5.90. The molecule has 0 aliphatic carbocycles. The van der Waals surface area contributed by atoms with Gasteiger partial charge < -0.3 is 20.5 Å². The summed E-state index contributed by atoms with van der Waals surface area (Å²) >= 11 is 0. The van der Waals surface area contributed by atoms with Crippen molar-refractivity contribution in [3.05, 3.63) is 41.6 Å². The Balaban J connectivity index is 2.17. The van der Waals surface area contributed by atoms with Gasteiger partial charge in [0.15, 0.2) is 0 Å². The molecule has 1 amide bonds. The second kappa shape index (κ2) is 6.91. The van der Waals surface area contributed by atoms with E-state index in [1.807, 2.05) is 19.9 Å². The standard InChI is InChI=1S/C16H19N3O3/c1-10-11(2)14(5-4-13(10)17)22-12-6-7-18-15(8-12)19-16(20)9-21-3/h4-8H,9,17H2,1-3H3,(H,18,19,20). The molecule has 3 N–H and O–H groups in total. The van der Waals surface area contributed by atoms with Crippen molar-refractivity contribution in [3.8, 4) is 11.5 Å². The van der Waals surface area contributed by atoms with Crippen molar-refractivity contribution in [2.24, 2.45) is 0 Å². The maximum absolute atomic E-state index is 11.5. The van der Waals surface area contributed by atoms with Crippen LogP contribution in [0.2, 0.25) is 0 Å². The number of anilines is 2. The fourth-order valence-electron chi connectivity index (χ4n) is 1.91. The average Bonchev–Trinajstić information content (AvgIpc) is 2.48. The van der Waals surface area contributed by atoms with Crippen LogP contribution in [0.5, 0.6) is 11.5 Å². The number of benzene rings is 1. The molecule has 6 heteroatoms. The highest BCUT2D eigenvalue weighted by Crippen LogP contribution is 2.30. The van der Waals surface area contributed by atoms with Crippen LogP contribution in [0.4, 0.5) is 11.5 Å². The molecule has 22 heavy (non-hydrogen) atoms. The van der Waals surface area contributed by atoms with Gasteiger partial charge in [-0.25, -0.2) is 4.98 Å². The zero-order valence-corrected chi connectivity index (χ0v) is 12.8. The number of aromatic nitrogens is 1. The number of carbonyl (C=O) groups excluding carboxylic acids is 1. The summed E-state index contributed by atoms with van der Waals surface area (Å²) < 4.78 is 10.6. The molecule has 0 atom stereocenters. The van der Waals surface area contributed by atoms with Crippen LogP contribution in [0, 0.1) is 13.8 Å². The van der Waals surface area contributed by atoms with Crippen molar-refractivity contribution in [1.29, 1.82) is 0 Å². The summed E-state index contributed by atoms with van der Waals surface area (Å²) in [5.41, 5.74) is 8.55. The number of amides is 1. The van der Waals surface area contributed by atoms with E-state index < -0.39 is 0 Å². The monoisotopic (exact) mass is 301 g/mol. The molecule has 0 spiro atoms. The van der Waals surface area contributed by atoms with E-state index in [0.717, 1.165) is 16.8 Å². The molecule has 0 aliphatic heterocycles. The maximum atomic E-state index is 11.5. The Kier molecular flexibility index (Phi) is 4.95. The van der Waals surface area contributed by atoms with Crippen LogP contribution in [0.1, 0.15) is 11.1 Å². The molecule has 0 aliphatic rings. The van der Waals surface area contributed by atoms with E-state index in [2.05, 4.69) is 10.3 Å². The molecular formula is C16H19N3O3. The summed E-state index contributed by atoms with van der Waals surface area (Å²) in [6.07, 6.45) is 1.57. The molecule has 1 heterocycles. The third kappa shape index (κ3) is 3.73. The van der Waals surface area contributed by atoms with Crippen LogP contribution < -0.4 is 15.8 Å². The number of nitrogens with one attached hydrogen (secondary N) is 1. The molecule has 0 radical (unpaired) electrons. The maximum Gasteiger partial charge on any atom is 0.251 e. The second-order valence-corrected chi connectivity index (χ2v) is 4.86. The third-order valence-corrected chi connectivity index (χ3v) is 3.28. The van der Waals surface area contributed by atoms with Gasteiger partial charge in [0, 0.05) is 25.1 Å². The van der Waals surface area contributed by atoms with Gasteiger partial charge >= 0.3 is 0 Å². The Morgan fingerprint density at radius 3 is 2.77 bits per heavy atom. The van der Waals surface area contributed by atoms with Gasteiger partial charge in [-0.15, -0.1) is 0 Å². The van der Waals surface area contributed by atoms with E-state index in [9.17, 15) is 4.79 Å². The first kappa shape index (κ1) is 15.8. The summed E-state index contributed by atoms with van der Waals surface area (Å²) in [5.74, 6) is 1.43. The molecule has 2 aromatic rings. The van der Waals surface area contributed by atoms with Crippen LogP contribution in [0.15, 0.2) is 30.5 Å². The summed E-state index contributed by atoms with van der Waals surface area (Å²) in [4.78, 5) is 15.6. The predicted octanol–water partition coefficient (Wildman–Crippen LogP) is 2.66. The van der Waals surface area contributed by atoms with Crippen molar-refractivity contribution in [1.82, 2.24) is 4.98 Å². The van der Waals surface area contributed by atoms with Crippen LogP contribution in [-0.2, 0) is 9.53 Å².